The zero-order valence-corrected chi connectivity index (χ0v) is 19.3. The average molecular weight is 465 g/mol. The molecule has 1 aliphatic carbocycles. The van der Waals surface area contributed by atoms with E-state index in [-0.39, 0.29) is 17.4 Å². The molecular formula is C26H25ClN2O4. The smallest absolute Gasteiger partial charge is 0.295 e. The second-order valence-electron chi connectivity index (χ2n) is 8.70. The van der Waals surface area contributed by atoms with Gasteiger partial charge in [0, 0.05) is 40.8 Å². The summed E-state index contributed by atoms with van der Waals surface area (Å²) in [5.41, 5.74) is 2.18. The zero-order valence-electron chi connectivity index (χ0n) is 18.5. The highest BCUT2D eigenvalue weighted by Gasteiger charge is 2.50. The lowest BCUT2D eigenvalue weighted by Gasteiger charge is -2.30. The Hall–Kier alpha value is -3.25. The van der Waals surface area contributed by atoms with Gasteiger partial charge in [-0.25, -0.2) is 0 Å². The average Bonchev–Trinajstić information content (AvgIpc) is 3.52. The lowest BCUT2D eigenvalue weighted by molar-refractivity contribution is -0.141. The molecule has 33 heavy (non-hydrogen) atoms. The number of benzene rings is 2. The summed E-state index contributed by atoms with van der Waals surface area (Å²) in [4.78, 5) is 28.5. The fourth-order valence-electron chi connectivity index (χ4n) is 5.32. The van der Waals surface area contributed by atoms with E-state index in [9.17, 15) is 14.7 Å². The summed E-state index contributed by atoms with van der Waals surface area (Å²) in [7, 11) is 3.42. The number of methoxy groups -OCH3 is 1. The van der Waals surface area contributed by atoms with Crippen molar-refractivity contribution in [2.45, 2.75) is 37.8 Å². The molecule has 6 nitrogen and oxygen atoms in total. The Labute approximate surface area is 197 Å². The van der Waals surface area contributed by atoms with E-state index in [0.29, 0.717) is 16.3 Å². The summed E-state index contributed by atoms with van der Waals surface area (Å²) in [6.07, 6.45) is 5.66. The SMILES string of the molecule is COc1ccc(Cl)cc1/C(O)=C1\C(=O)C(=O)N(C2CCCC2)C1c1cn(C)c2ccccc12. The Morgan fingerprint density at radius 1 is 1.12 bits per heavy atom. The number of amides is 1. The number of para-hydroxylation sites is 1. The summed E-state index contributed by atoms with van der Waals surface area (Å²) in [5.74, 6) is -1.14. The molecule has 1 aromatic heterocycles. The van der Waals surface area contributed by atoms with Gasteiger partial charge in [-0.1, -0.05) is 42.6 Å². The Morgan fingerprint density at radius 2 is 1.85 bits per heavy atom. The number of Topliss-reactive ketones (excluding diaryl/α,β-unsaturated/α-hetero) is 1. The summed E-state index contributed by atoms with van der Waals surface area (Å²) in [5, 5.41) is 12.8. The van der Waals surface area contributed by atoms with Crippen molar-refractivity contribution in [2.24, 2.45) is 7.05 Å². The lowest BCUT2D eigenvalue weighted by Crippen LogP contribution is -2.37. The number of aromatic nitrogens is 1. The number of aryl methyl sites for hydroxylation is 1. The third-order valence-corrected chi connectivity index (χ3v) is 7.07. The first-order chi connectivity index (χ1) is 15.9. The van der Waals surface area contributed by atoms with Crippen LogP contribution in [-0.4, -0.2) is 39.4 Å². The Kier molecular flexibility index (Phi) is 5.41. The number of carbonyl (C=O) groups is 2. The number of carbonyl (C=O) groups excluding carboxylic acids is 2. The van der Waals surface area contributed by atoms with E-state index in [1.54, 1.807) is 23.1 Å². The van der Waals surface area contributed by atoms with Crippen molar-refractivity contribution in [3.63, 3.8) is 0 Å². The predicted octanol–water partition coefficient (Wildman–Crippen LogP) is 5.20. The first-order valence-electron chi connectivity index (χ1n) is 11.1. The fraction of sp³-hybridized carbons (Fsp3) is 0.308. The molecule has 1 saturated carbocycles. The van der Waals surface area contributed by atoms with Gasteiger partial charge in [0.05, 0.1) is 24.3 Å². The number of fused-ring (bicyclic) bond motifs is 1. The van der Waals surface area contributed by atoms with Crippen molar-refractivity contribution in [1.29, 1.82) is 0 Å². The number of nitrogens with zero attached hydrogens (tertiary/aromatic N) is 2. The van der Waals surface area contributed by atoms with Crippen LogP contribution in [-0.2, 0) is 16.6 Å². The molecule has 0 spiro atoms. The first kappa shape index (κ1) is 21.6. The van der Waals surface area contributed by atoms with Crippen molar-refractivity contribution < 1.29 is 19.4 Å². The van der Waals surface area contributed by atoms with Gasteiger partial charge in [-0.15, -0.1) is 0 Å². The van der Waals surface area contributed by atoms with E-state index in [1.165, 1.54) is 7.11 Å². The molecule has 1 aliphatic heterocycles. The van der Waals surface area contributed by atoms with Gasteiger partial charge < -0.3 is 19.3 Å². The topological polar surface area (TPSA) is 71.8 Å². The molecule has 1 atom stereocenters. The predicted molar refractivity (Wildman–Crippen MR) is 127 cm³/mol. The van der Waals surface area contributed by atoms with E-state index in [0.717, 1.165) is 42.1 Å². The number of halogens is 1. The summed E-state index contributed by atoms with van der Waals surface area (Å²) in [6.45, 7) is 0. The molecule has 1 amide bonds. The van der Waals surface area contributed by atoms with E-state index in [4.69, 9.17) is 16.3 Å². The molecule has 2 aromatic carbocycles. The number of ketones is 1. The second-order valence-corrected chi connectivity index (χ2v) is 9.14. The van der Waals surface area contributed by atoms with Gasteiger partial charge >= 0.3 is 0 Å². The molecule has 0 radical (unpaired) electrons. The zero-order chi connectivity index (χ0) is 23.3. The second kappa shape index (κ2) is 8.27. The minimum absolute atomic E-state index is 0.0445. The van der Waals surface area contributed by atoms with Gasteiger partial charge in [-0.3, -0.25) is 9.59 Å². The molecule has 170 valence electrons. The number of aliphatic hydroxyl groups excluding tert-OH is 1. The molecular weight excluding hydrogens is 440 g/mol. The number of hydrogen-bond donors (Lipinski definition) is 1. The Bertz CT molecular complexity index is 1300. The number of hydrogen-bond acceptors (Lipinski definition) is 4. The molecule has 2 aliphatic rings. The first-order valence-corrected chi connectivity index (χ1v) is 11.5. The molecule has 3 aromatic rings. The molecule has 2 heterocycles. The molecule has 1 N–H and O–H groups in total. The molecule has 1 unspecified atom stereocenters. The minimum atomic E-state index is -0.692. The van der Waals surface area contributed by atoms with Crippen LogP contribution in [0.5, 0.6) is 5.75 Å². The van der Waals surface area contributed by atoms with Crippen molar-refractivity contribution in [1.82, 2.24) is 9.47 Å². The highest BCUT2D eigenvalue weighted by atomic mass is 35.5. The molecule has 7 heteroatoms. The largest absolute Gasteiger partial charge is 0.507 e. The molecule has 1 saturated heterocycles. The summed E-state index contributed by atoms with van der Waals surface area (Å²) in [6, 6.07) is 12.0. The Morgan fingerprint density at radius 3 is 2.58 bits per heavy atom. The van der Waals surface area contributed by atoms with E-state index in [1.807, 2.05) is 42.1 Å². The van der Waals surface area contributed by atoms with Gasteiger partial charge in [-0.05, 0) is 37.1 Å². The van der Waals surface area contributed by atoms with Crippen LogP contribution in [0.25, 0.3) is 16.7 Å². The maximum Gasteiger partial charge on any atom is 0.295 e. The van der Waals surface area contributed by atoms with Crippen LogP contribution in [0, 0.1) is 0 Å². The fourth-order valence-corrected chi connectivity index (χ4v) is 5.49. The number of likely N-dealkylation sites (tertiary alicyclic amines) is 1. The van der Waals surface area contributed by atoms with Gasteiger partial charge in [-0.2, -0.15) is 0 Å². The number of ether oxygens (including phenoxy) is 1. The van der Waals surface area contributed by atoms with Gasteiger partial charge in [0.15, 0.2) is 0 Å². The van der Waals surface area contributed by atoms with Crippen LogP contribution in [0.15, 0.2) is 54.2 Å². The monoisotopic (exact) mass is 464 g/mol. The standard InChI is InChI=1S/C26H25ClN2O4/c1-28-14-19(17-9-5-6-10-20(17)28)23-22(24(30)18-13-15(27)11-12-21(18)33-2)25(31)26(32)29(23)16-7-3-4-8-16/h5-6,9-14,16,23,30H,3-4,7-8H2,1-2H3/b24-22+. The van der Waals surface area contributed by atoms with Crippen LogP contribution >= 0.6 is 11.6 Å². The maximum absolute atomic E-state index is 13.4. The molecule has 0 bridgehead atoms. The maximum atomic E-state index is 13.4. The minimum Gasteiger partial charge on any atom is -0.507 e. The third kappa shape index (κ3) is 3.40. The lowest BCUT2D eigenvalue weighted by atomic mass is 9.94. The van der Waals surface area contributed by atoms with Gasteiger partial charge in [0.1, 0.15) is 11.5 Å². The molecule has 5 rings (SSSR count). The quantitative estimate of drug-likeness (QED) is 0.327. The van der Waals surface area contributed by atoms with Crippen molar-refractivity contribution in [3.05, 3.63) is 70.4 Å². The van der Waals surface area contributed by atoms with Crippen LogP contribution in [0.4, 0.5) is 0 Å². The highest BCUT2D eigenvalue weighted by molar-refractivity contribution is 6.47. The van der Waals surface area contributed by atoms with Crippen molar-refractivity contribution >= 4 is 40.0 Å². The van der Waals surface area contributed by atoms with Crippen LogP contribution in [0.1, 0.15) is 42.9 Å². The van der Waals surface area contributed by atoms with Crippen LogP contribution < -0.4 is 4.74 Å². The van der Waals surface area contributed by atoms with Crippen LogP contribution in [0.2, 0.25) is 5.02 Å². The summed E-state index contributed by atoms with van der Waals surface area (Å²) >= 11 is 6.20. The summed E-state index contributed by atoms with van der Waals surface area (Å²) < 4.78 is 7.40. The third-order valence-electron chi connectivity index (χ3n) is 6.84. The number of aliphatic hydroxyl groups is 1. The van der Waals surface area contributed by atoms with Crippen molar-refractivity contribution in [3.8, 4) is 5.75 Å². The van der Waals surface area contributed by atoms with Gasteiger partial charge in [0.2, 0.25) is 0 Å². The Balaban J connectivity index is 1.79. The normalized spacial score (nSPS) is 20.8. The highest BCUT2D eigenvalue weighted by Crippen LogP contribution is 2.46. The van der Waals surface area contributed by atoms with E-state index >= 15 is 0 Å². The molecule has 2 fully saturated rings. The van der Waals surface area contributed by atoms with E-state index < -0.39 is 17.7 Å². The van der Waals surface area contributed by atoms with Gasteiger partial charge in [0.25, 0.3) is 11.7 Å². The van der Waals surface area contributed by atoms with Crippen LogP contribution in [0.3, 0.4) is 0 Å². The number of rotatable bonds is 4. The van der Waals surface area contributed by atoms with E-state index in [2.05, 4.69) is 0 Å². The van der Waals surface area contributed by atoms with Crippen molar-refractivity contribution in [2.75, 3.05) is 7.11 Å².